The molecule has 0 aromatic heterocycles. The van der Waals surface area contributed by atoms with Crippen molar-refractivity contribution in [1.82, 2.24) is 0 Å². The van der Waals surface area contributed by atoms with Gasteiger partial charge in [0.25, 0.3) is 0 Å². The second kappa shape index (κ2) is 5.83. The monoisotopic (exact) mass is 267 g/mol. The summed E-state index contributed by atoms with van der Waals surface area (Å²) in [5.74, 6) is 1.70. The first kappa shape index (κ1) is 13.5. The van der Waals surface area contributed by atoms with E-state index in [1.54, 1.807) is 0 Å². The number of ether oxygens (including phenoxy) is 1. The standard InChI is InChI=1S/C15H22ClNO/c1-3-11-5-4-6-12(8-11)18-15-9-13(16)14(17)7-10(15)2/h7,9,11-12H,3-6,8,17H2,1-2H3. The van der Waals surface area contributed by atoms with Gasteiger partial charge in [0.1, 0.15) is 5.75 Å². The van der Waals surface area contributed by atoms with Crippen LogP contribution in [-0.4, -0.2) is 6.10 Å². The van der Waals surface area contributed by atoms with E-state index >= 15 is 0 Å². The van der Waals surface area contributed by atoms with Gasteiger partial charge in [0.2, 0.25) is 0 Å². The van der Waals surface area contributed by atoms with Crippen LogP contribution in [0.1, 0.15) is 44.6 Å². The van der Waals surface area contributed by atoms with Crippen molar-refractivity contribution in [2.75, 3.05) is 5.73 Å². The third kappa shape index (κ3) is 3.11. The number of halogens is 1. The smallest absolute Gasteiger partial charge is 0.124 e. The molecule has 0 spiro atoms. The largest absolute Gasteiger partial charge is 0.490 e. The van der Waals surface area contributed by atoms with Crippen LogP contribution in [0.4, 0.5) is 5.69 Å². The van der Waals surface area contributed by atoms with Gasteiger partial charge in [-0.3, -0.25) is 0 Å². The van der Waals surface area contributed by atoms with Crippen molar-refractivity contribution < 1.29 is 4.74 Å². The number of hydrogen-bond acceptors (Lipinski definition) is 2. The van der Waals surface area contributed by atoms with Gasteiger partial charge in [0.15, 0.2) is 0 Å². The van der Waals surface area contributed by atoms with E-state index < -0.39 is 0 Å². The number of nitrogens with two attached hydrogens (primary N) is 1. The number of aryl methyl sites for hydroxylation is 1. The van der Waals surface area contributed by atoms with Gasteiger partial charge in [-0.2, -0.15) is 0 Å². The normalized spacial score (nSPS) is 23.9. The molecule has 3 heteroatoms. The van der Waals surface area contributed by atoms with Crippen molar-refractivity contribution in [2.24, 2.45) is 5.92 Å². The Morgan fingerprint density at radius 2 is 2.17 bits per heavy atom. The predicted octanol–water partition coefficient (Wildman–Crippen LogP) is 4.58. The lowest BCUT2D eigenvalue weighted by molar-refractivity contribution is 0.121. The molecule has 0 aliphatic heterocycles. The molecule has 0 heterocycles. The highest BCUT2D eigenvalue weighted by molar-refractivity contribution is 6.33. The summed E-state index contributed by atoms with van der Waals surface area (Å²) in [6, 6.07) is 3.74. The highest BCUT2D eigenvalue weighted by Gasteiger charge is 2.22. The van der Waals surface area contributed by atoms with Gasteiger partial charge in [0.05, 0.1) is 16.8 Å². The van der Waals surface area contributed by atoms with E-state index in [1.807, 2.05) is 19.1 Å². The van der Waals surface area contributed by atoms with Crippen LogP contribution in [0, 0.1) is 12.8 Å². The summed E-state index contributed by atoms with van der Waals surface area (Å²) in [6.07, 6.45) is 6.52. The maximum absolute atomic E-state index is 6.11. The average Bonchev–Trinajstić information content (AvgIpc) is 2.36. The van der Waals surface area contributed by atoms with E-state index in [4.69, 9.17) is 22.1 Å². The number of hydrogen-bond donors (Lipinski definition) is 1. The van der Waals surface area contributed by atoms with E-state index in [1.165, 1.54) is 19.3 Å². The molecule has 2 N–H and O–H groups in total. The zero-order valence-electron chi connectivity index (χ0n) is 11.2. The van der Waals surface area contributed by atoms with Gasteiger partial charge in [-0.1, -0.05) is 31.4 Å². The SMILES string of the molecule is CCC1CCCC(Oc2cc(Cl)c(N)cc2C)C1. The molecule has 2 atom stereocenters. The van der Waals surface area contributed by atoms with E-state index in [0.717, 1.165) is 30.1 Å². The molecule has 1 aromatic carbocycles. The Hall–Kier alpha value is -0.890. The minimum absolute atomic E-state index is 0.335. The minimum atomic E-state index is 0.335. The summed E-state index contributed by atoms with van der Waals surface area (Å²) in [7, 11) is 0. The summed E-state index contributed by atoms with van der Waals surface area (Å²) >= 11 is 6.05. The summed E-state index contributed by atoms with van der Waals surface area (Å²) in [5.41, 5.74) is 7.47. The molecule has 0 bridgehead atoms. The van der Waals surface area contributed by atoms with Gasteiger partial charge in [-0.15, -0.1) is 0 Å². The van der Waals surface area contributed by atoms with Gasteiger partial charge in [0, 0.05) is 6.07 Å². The maximum Gasteiger partial charge on any atom is 0.124 e. The molecule has 1 aromatic rings. The molecule has 1 aliphatic rings. The highest BCUT2D eigenvalue weighted by Crippen LogP contribution is 2.33. The molecule has 1 aliphatic carbocycles. The molecular formula is C15H22ClNO. The maximum atomic E-state index is 6.11. The first-order chi connectivity index (χ1) is 8.60. The van der Waals surface area contributed by atoms with Gasteiger partial charge < -0.3 is 10.5 Å². The molecule has 0 amide bonds. The molecule has 100 valence electrons. The fourth-order valence-corrected chi connectivity index (χ4v) is 2.87. The fourth-order valence-electron chi connectivity index (χ4n) is 2.71. The number of nitrogen functional groups attached to an aromatic ring is 1. The number of benzene rings is 1. The van der Waals surface area contributed by atoms with Crippen LogP contribution in [0.15, 0.2) is 12.1 Å². The minimum Gasteiger partial charge on any atom is -0.490 e. The van der Waals surface area contributed by atoms with Crippen molar-refractivity contribution in [3.05, 3.63) is 22.7 Å². The van der Waals surface area contributed by atoms with Crippen LogP contribution in [0.3, 0.4) is 0 Å². The Balaban J connectivity index is 2.07. The number of anilines is 1. The van der Waals surface area contributed by atoms with E-state index in [9.17, 15) is 0 Å². The lowest BCUT2D eigenvalue weighted by Crippen LogP contribution is -2.25. The molecule has 1 fully saturated rings. The van der Waals surface area contributed by atoms with Crippen molar-refractivity contribution in [2.45, 2.75) is 52.1 Å². The predicted molar refractivity (Wildman–Crippen MR) is 77.3 cm³/mol. The molecule has 2 rings (SSSR count). The van der Waals surface area contributed by atoms with Crippen LogP contribution >= 0.6 is 11.6 Å². The summed E-state index contributed by atoms with van der Waals surface area (Å²) in [6.45, 7) is 4.28. The van der Waals surface area contributed by atoms with Crippen LogP contribution in [0.25, 0.3) is 0 Å². The van der Waals surface area contributed by atoms with Gasteiger partial charge in [-0.05, 0) is 43.7 Å². The Labute approximate surface area is 114 Å². The Kier molecular flexibility index (Phi) is 4.39. The van der Waals surface area contributed by atoms with Crippen LogP contribution in [-0.2, 0) is 0 Å². The lowest BCUT2D eigenvalue weighted by atomic mass is 9.85. The fraction of sp³-hybridized carbons (Fsp3) is 0.600. The Bertz CT molecular complexity index is 419. The first-order valence-electron chi connectivity index (χ1n) is 6.82. The second-order valence-electron chi connectivity index (χ2n) is 5.32. The van der Waals surface area contributed by atoms with Crippen LogP contribution in [0.2, 0.25) is 5.02 Å². The van der Waals surface area contributed by atoms with Crippen molar-refractivity contribution in [1.29, 1.82) is 0 Å². The topological polar surface area (TPSA) is 35.2 Å². The van der Waals surface area contributed by atoms with Gasteiger partial charge in [-0.25, -0.2) is 0 Å². The molecule has 1 saturated carbocycles. The molecule has 18 heavy (non-hydrogen) atoms. The Morgan fingerprint density at radius 1 is 1.39 bits per heavy atom. The van der Waals surface area contributed by atoms with Crippen LogP contribution in [0.5, 0.6) is 5.75 Å². The van der Waals surface area contributed by atoms with Crippen molar-refractivity contribution in [3.63, 3.8) is 0 Å². The summed E-state index contributed by atoms with van der Waals surface area (Å²) in [4.78, 5) is 0. The van der Waals surface area contributed by atoms with Gasteiger partial charge >= 0.3 is 0 Å². The third-order valence-electron chi connectivity index (χ3n) is 3.90. The molecule has 0 radical (unpaired) electrons. The zero-order chi connectivity index (χ0) is 13.1. The summed E-state index contributed by atoms with van der Waals surface area (Å²) < 4.78 is 6.11. The average molecular weight is 268 g/mol. The van der Waals surface area contributed by atoms with Crippen molar-refractivity contribution >= 4 is 17.3 Å². The number of rotatable bonds is 3. The quantitative estimate of drug-likeness (QED) is 0.814. The highest BCUT2D eigenvalue weighted by atomic mass is 35.5. The lowest BCUT2D eigenvalue weighted by Gasteiger charge is -2.29. The van der Waals surface area contributed by atoms with E-state index in [0.29, 0.717) is 16.8 Å². The zero-order valence-corrected chi connectivity index (χ0v) is 12.0. The molecule has 2 nitrogen and oxygen atoms in total. The third-order valence-corrected chi connectivity index (χ3v) is 4.23. The van der Waals surface area contributed by atoms with Crippen LogP contribution < -0.4 is 10.5 Å². The first-order valence-corrected chi connectivity index (χ1v) is 7.20. The Morgan fingerprint density at radius 3 is 2.89 bits per heavy atom. The van der Waals surface area contributed by atoms with E-state index in [2.05, 4.69) is 6.92 Å². The second-order valence-corrected chi connectivity index (χ2v) is 5.73. The summed E-state index contributed by atoms with van der Waals surface area (Å²) in [5, 5.41) is 0.582. The van der Waals surface area contributed by atoms with E-state index in [-0.39, 0.29) is 0 Å². The molecule has 0 saturated heterocycles. The van der Waals surface area contributed by atoms with Crippen molar-refractivity contribution in [3.8, 4) is 5.75 Å². The molecule has 2 unspecified atom stereocenters. The molecular weight excluding hydrogens is 246 g/mol.